The van der Waals surface area contributed by atoms with Crippen molar-refractivity contribution in [3.63, 3.8) is 0 Å². The molecule has 0 saturated carbocycles. The van der Waals surface area contributed by atoms with E-state index in [0.29, 0.717) is 5.56 Å². The third-order valence-electron chi connectivity index (χ3n) is 4.22. The second-order valence-corrected chi connectivity index (χ2v) is 7.16. The SMILES string of the molecule is Cc1ccc(N[C@H](CC(=O)c2ccc(Br)cc2)c2ccc(F)cc2)cc1. The fourth-order valence-electron chi connectivity index (χ4n) is 2.74. The van der Waals surface area contributed by atoms with E-state index in [0.717, 1.165) is 15.7 Å². The fraction of sp³-hybridized carbons (Fsp3) is 0.136. The van der Waals surface area contributed by atoms with E-state index in [2.05, 4.69) is 21.2 Å². The van der Waals surface area contributed by atoms with Crippen LogP contribution in [0.3, 0.4) is 0 Å². The summed E-state index contributed by atoms with van der Waals surface area (Å²) in [6.45, 7) is 2.03. The molecule has 132 valence electrons. The first kappa shape index (κ1) is 18.3. The second-order valence-electron chi connectivity index (χ2n) is 6.25. The predicted octanol–water partition coefficient (Wildman–Crippen LogP) is 6.32. The lowest BCUT2D eigenvalue weighted by Crippen LogP contribution is -2.16. The van der Waals surface area contributed by atoms with E-state index >= 15 is 0 Å². The number of aryl methyl sites for hydroxylation is 1. The zero-order valence-electron chi connectivity index (χ0n) is 14.4. The van der Waals surface area contributed by atoms with Crippen LogP contribution in [-0.4, -0.2) is 5.78 Å². The van der Waals surface area contributed by atoms with Crippen LogP contribution < -0.4 is 5.32 Å². The third kappa shape index (κ3) is 4.79. The van der Waals surface area contributed by atoms with Crippen LogP contribution in [0.25, 0.3) is 0 Å². The van der Waals surface area contributed by atoms with E-state index in [-0.39, 0.29) is 24.1 Å². The summed E-state index contributed by atoms with van der Waals surface area (Å²) in [4.78, 5) is 12.7. The highest BCUT2D eigenvalue weighted by Crippen LogP contribution is 2.25. The summed E-state index contributed by atoms with van der Waals surface area (Å²) in [5.74, 6) is -0.256. The van der Waals surface area contributed by atoms with Crippen molar-refractivity contribution in [2.45, 2.75) is 19.4 Å². The van der Waals surface area contributed by atoms with Gasteiger partial charge in [-0.1, -0.05) is 57.9 Å². The second kappa shape index (κ2) is 8.28. The van der Waals surface area contributed by atoms with E-state index in [9.17, 15) is 9.18 Å². The fourth-order valence-corrected chi connectivity index (χ4v) is 3.00. The average molecular weight is 412 g/mol. The van der Waals surface area contributed by atoms with Gasteiger partial charge in [-0.05, 0) is 48.9 Å². The van der Waals surface area contributed by atoms with Gasteiger partial charge < -0.3 is 5.32 Å². The summed E-state index contributed by atoms with van der Waals surface area (Å²) in [6.07, 6.45) is 0.279. The summed E-state index contributed by atoms with van der Waals surface area (Å²) in [7, 11) is 0. The van der Waals surface area contributed by atoms with Crippen LogP contribution in [-0.2, 0) is 0 Å². The molecule has 1 N–H and O–H groups in total. The minimum absolute atomic E-state index is 0.0337. The molecule has 3 rings (SSSR count). The zero-order chi connectivity index (χ0) is 18.5. The predicted molar refractivity (Wildman–Crippen MR) is 107 cm³/mol. The Hall–Kier alpha value is -2.46. The summed E-state index contributed by atoms with van der Waals surface area (Å²) in [6, 6.07) is 21.3. The lowest BCUT2D eigenvalue weighted by molar-refractivity contribution is 0.0976. The van der Waals surface area contributed by atoms with Crippen LogP contribution in [0.1, 0.15) is 33.9 Å². The lowest BCUT2D eigenvalue weighted by atomic mass is 9.97. The Morgan fingerprint density at radius 3 is 2.19 bits per heavy atom. The minimum atomic E-state index is -0.290. The van der Waals surface area contributed by atoms with Crippen LogP contribution in [0.4, 0.5) is 10.1 Å². The summed E-state index contributed by atoms with van der Waals surface area (Å²) >= 11 is 3.38. The molecule has 0 amide bonds. The number of Topliss-reactive ketones (excluding diaryl/α,β-unsaturated/α-hetero) is 1. The van der Waals surface area contributed by atoms with Crippen molar-refractivity contribution in [2.75, 3.05) is 5.32 Å². The third-order valence-corrected chi connectivity index (χ3v) is 4.75. The smallest absolute Gasteiger partial charge is 0.165 e. The van der Waals surface area contributed by atoms with E-state index in [1.165, 1.54) is 17.7 Å². The Morgan fingerprint density at radius 1 is 0.962 bits per heavy atom. The van der Waals surface area contributed by atoms with Crippen LogP contribution in [0.2, 0.25) is 0 Å². The molecule has 0 saturated heterocycles. The largest absolute Gasteiger partial charge is 0.378 e. The number of carbonyl (C=O) groups excluding carboxylic acids is 1. The minimum Gasteiger partial charge on any atom is -0.378 e. The number of hydrogen-bond acceptors (Lipinski definition) is 2. The Labute approximate surface area is 161 Å². The molecule has 26 heavy (non-hydrogen) atoms. The van der Waals surface area contributed by atoms with E-state index < -0.39 is 0 Å². The molecule has 2 nitrogen and oxygen atoms in total. The van der Waals surface area contributed by atoms with Gasteiger partial charge in [0.25, 0.3) is 0 Å². The average Bonchev–Trinajstić information content (AvgIpc) is 2.64. The molecule has 0 radical (unpaired) electrons. The maximum absolute atomic E-state index is 13.3. The maximum atomic E-state index is 13.3. The van der Waals surface area contributed by atoms with E-state index in [1.54, 1.807) is 24.3 Å². The molecule has 0 aromatic heterocycles. The highest BCUT2D eigenvalue weighted by Gasteiger charge is 2.17. The first-order chi connectivity index (χ1) is 12.5. The molecule has 3 aromatic rings. The molecular formula is C22H19BrFNO. The molecule has 0 heterocycles. The molecule has 0 spiro atoms. The number of benzene rings is 3. The van der Waals surface area contributed by atoms with Crippen molar-refractivity contribution in [1.82, 2.24) is 0 Å². The van der Waals surface area contributed by atoms with Gasteiger partial charge in [-0.25, -0.2) is 4.39 Å². The summed E-state index contributed by atoms with van der Waals surface area (Å²) in [5, 5.41) is 3.40. The molecule has 1 atom stereocenters. The number of carbonyl (C=O) groups is 1. The van der Waals surface area contributed by atoms with Crippen molar-refractivity contribution in [2.24, 2.45) is 0 Å². The first-order valence-corrected chi connectivity index (χ1v) is 9.18. The number of hydrogen-bond donors (Lipinski definition) is 1. The molecule has 0 bridgehead atoms. The van der Waals surface area contributed by atoms with Gasteiger partial charge in [-0.15, -0.1) is 0 Å². The van der Waals surface area contributed by atoms with Crippen LogP contribution >= 0.6 is 15.9 Å². The van der Waals surface area contributed by atoms with E-state index in [4.69, 9.17) is 0 Å². The van der Waals surface area contributed by atoms with E-state index in [1.807, 2.05) is 43.3 Å². The Balaban J connectivity index is 1.84. The standard InChI is InChI=1S/C22H19BrFNO/c1-15-2-12-20(13-3-15)25-21(16-6-10-19(24)11-7-16)14-22(26)17-4-8-18(23)9-5-17/h2-13,21,25H,14H2,1H3/t21-/m1/s1. The van der Waals surface area contributed by atoms with Crippen molar-refractivity contribution in [3.8, 4) is 0 Å². The lowest BCUT2D eigenvalue weighted by Gasteiger charge is -2.20. The van der Waals surface area contributed by atoms with Crippen LogP contribution in [0.5, 0.6) is 0 Å². The summed E-state index contributed by atoms with van der Waals surface area (Å²) < 4.78 is 14.2. The topological polar surface area (TPSA) is 29.1 Å². The molecule has 4 heteroatoms. The Morgan fingerprint density at radius 2 is 1.58 bits per heavy atom. The summed E-state index contributed by atoms with van der Waals surface area (Å²) in [5.41, 5.74) is 3.62. The van der Waals surface area contributed by atoms with Crippen molar-refractivity contribution >= 4 is 27.4 Å². The molecule has 0 aliphatic carbocycles. The molecule has 3 aromatic carbocycles. The van der Waals surface area contributed by atoms with Crippen LogP contribution in [0, 0.1) is 12.7 Å². The van der Waals surface area contributed by atoms with Crippen LogP contribution in [0.15, 0.2) is 77.3 Å². The monoisotopic (exact) mass is 411 g/mol. The van der Waals surface area contributed by atoms with Gasteiger partial charge in [0.1, 0.15) is 5.82 Å². The Bertz CT molecular complexity index is 874. The molecular weight excluding hydrogens is 393 g/mol. The maximum Gasteiger partial charge on any atom is 0.165 e. The number of rotatable bonds is 6. The number of halogens is 2. The molecule has 0 aliphatic heterocycles. The van der Waals surface area contributed by atoms with Gasteiger partial charge in [0.05, 0.1) is 6.04 Å². The molecule has 0 fully saturated rings. The molecule has 0 unspecified atom stereocenters. The van der Waals surface area contributed by atoms with Gasteiger partial charge in [0.2, 0.25) is 0 Å². The van der Waals surface area contributed by atoms with Crippen molar-refractivity contribution < 1.29 is 9.18 Å². The number of ketones is 1. The molecule has 0 aliphatic rings. The zero-order valence-corrected chi connectivity index (χ0v) is 16.0. The normalized spacial score (nSPS) is 11.8. The van der Waals surface area contributed by atoms with Crippen molar-refractivity contribution in [1.29, 1.82) is 0 Å². The first-order valence-electron chi connectivity index (χ1n) is 8.39. The Kier molecular flexibility index (Phi) is 5.84. The highest BCUT2D eigenvalue weighted by atomic mass is 79.9. The van der Waals surface area contributed by atoms with Gasteiger partial charge in [-0.3, -0.25) is 4.79 Å². The van der Waals surface area contributed by atoms with Gasteiger partial charge in [0, 0.05) is 22.1 Å². The number of anilines is 1. The quantitative estimate of drug-likeness (QED) is 0.480. The number of nitrogens with one attached hydrogen (secondary N) is 1. The highest BCUT2D eigenvalue weighted by molar-refractivity contribution is 9.10. The van der Waals surface area contributed by atoms with Gasteiger partial charge >= 0.3 is 0 Å². The van der Waals surface area contributed by atoms with Crippen molar-refractivity contribution in [3.05, 3.63) is 99.8 Å². The van der Waals surface area contributed by atoms with Gasteiger partial charge in [-0.2, -0.15) is 0 Å². The van der Waals surface area contributed by atoms with Gasteiger partial charge in [0.15, 0.2) is 5.78 Å².